The van der Waals surface area contributed by atoms with Crippen molar-refractivity contribution in [3.05, 3.63) is 0 Å². The van der Waals surface area contributed by atoms with Crippen molar-refractivity contribution >= 4 is 0 Å². The molecule has 3 nitrogen and oxygen atoms in total. The number of nitrogens with two attached hydrogens (primary N) is 1. The Labute approximate surface area is 93.6 Å². The molecule has 1 saturated heterocycles. The zero-order valence-electron chi connectivity index (χ0n) is 9.99. The van der Waals surface area contributed by atoms with Crippen molar-refractivity contribution in [2.24, 2.45) is 11.7 Å². The standard InChI is InChI=1S/C12H25N3/c1-14-6-3-7-15(9-8-14)12(10-13)11-4-2-5-11/h11-12H,2-10,13H2,1H3. The molecular formula is C12H25N3. The summed E-state index contributed by atoms with van der Waals surface area (Å²) >= 11 is 0. The largest absolute Gasteiger partial charge is 0.329 e. The van der Waals surface area contributed by atoms with Crippen LogP contribution in [0.2, 0.25) is 0 Å². The predicted molar refractivity (Wildman–Crippen MR) is 63.9 cm³/mol. The minimum Gasteiger partial charge on any atom is -0.329 e. The Hall–Kier alpha value is -0.120. The summed E-state index contributed by atoms with van der Waals surface area (Å²) in [7, 11) is 2.23. The van der Waals surface area contributed by atoms with E-state index in [4.69, 9.17) is 5.73 Å². The lowest BCUT2D eigenvalue weighted by Gasteiger charge is -2.40. The summed E-state index contributed by atoms with van der Waals surface area (Å²) in [5.41, 5.74) is 5.94. The van der Waals surface area contributed by atoms with Gasteiger partial charge in [0.2, 0.25) is 0 Å². The van der Waals surface area contributed by atoms with Crippen molar-refractivity contribution in [2.45, 2.75) is 31.7 Å². The molecule has 15 heavy (non-hydrogen) atoms. The highest BCUT2D eigenvalue weighted by molar-refractivity contribution is 4.86. The van der Waals surface area contributed by atoms with Crippen LogP contribution in [0, 0.1) is 5.92 Å². The van der Waals surface area contributed by atoms with E-state index in [1.165, 1.54) is 51.9 Å². The van der Waals surface area contributed by atoms with Gasteiger partial charge in [-0.1, -0.05) is 6.42 Å². The van der Waals surface area contributed by atoms with Crippen molar-refractivity contribution in [3.8, 4) is 0 Å². The van der Waals surface area contributed by atoms with Crippen molar-refractivity contribution < 1.29 is 0 Å². The molecule has 88 valence electrons. The number of nitrogens with zero attached hydrogens (tertiary/aromatic N) is 2. The van der Waals surface area contributed by atoms with Gasteiger partial charge in [0, 0.05) is 25.7 Å². The third-order valence-electron chi connectivity index (χ3n) is 4.16. The van der Waals surface area contributed by atoms with Crippen LogP contribution in [-0.4, -0.2) is 55.6 Å². The third-order valence-corrected chi connectivity index (χ3v) is 4.16. The van der Waals surface area contributed by atoms with Gasteiger partial charge in [0.1, 0.15) is 0 Å². The van der Waals surface area contributed by atoms with Gasteiger partial charge in [-0.25, -0.2) is 0 Å². The van der Waals surface area contributed by atoms with Crippen LogP contribution in [0.5, 0.6) is 0 Å². The van der Waals surface area contributed by atoms with Crippen LogP contribution in [-0.2, 0) is 0 Å². The van der Waals surface area contributed by atoms with E-state index in [1.807, 2.05) is 0 Å². The lowest BCUT2D eigenvalue weighted by molar-refractivity contribution is 0.104. The second-order valence-corrected chi connectivity index (χ2v) is 5.19. The summed E-state index contributed by atoms with van der Waals surface area (Å²) in [5, 5.41) is 0. The maximum absolute atomic E-state index is 5.94. The van der Waals surface area contributed by atoms with E-state index in [0.29, 0.717) is 6.04 Å². The maximum Gasteiger partial charge on any atom is 0.0247 e. The number of hydrogen-bond acceptors (Lipinski definition) is 3. The van der Waals surface area contributed by atoms with E-state index in [1.54, 1.807) is 0 Å². The third kappa shape index (κ3) is 2.71. The average molecular weight is 211 g/mol. The molecule has 1 unspecified atom stereocenters. The Morgan fingerprint density at radius 2 is 1.93 bits per heavy atom. The lowest BCUT2D eigenvalue weighted by Crippen LogP contribution is -2.48. The van der Waals surface area contributed by atoms with Crippen molar-refractivity contribution in [2.75, 3.05) is 39.8 Å². The molecule has 1 atom stereocenters. The fourth-order valence-corrected chi connectivity index (χ4v) is 2.86. The maximum atomic E-state index is 5.94. The van der Waals surface area contributed by atoms with Crippen LogP contribution in [0.4, 0.5) is 0 Å². The minimum atomic E-state index is 0.672. The molecular weight excluding hydrogens is 186 g/mol. The van der Waals surface area contributed by atoms with Gasteiger partial charge in [-0.2, -0.15) is 0 Å². The Kier molecular flexibility index (Phi) is 4.00. The average Bonchev–Trinajstić information content (AvgIpc) is 2.36. The highest BCUT2D eigenvalue weighted by Crippen LogP contribution is 2.32. The van der Waals surface area contributed by atoms with Gasteiger partial charge in [0.15, 0.2) is 0 Å². The fraction of sp³-hybridized carbons (Fsp3) is 1.00. The topological polar surface area (TPSA) is 32.5 Å². The molecule has 2 rings (SSSR count). The molecule has 1 heterocycles. The first-order chi connectivity index (χ1) is 7.31. The SMILES string of the molecule is CN1CCCN(C(CN)C2CCC2)CC1. The summed E-state index contributed by atoms with van der Waals surface area (Å²) in [5.74, 6) is 0.901. The van der Waals surface area contributed by atoms with E-state index in [0.717, 1.165) is 12.5 Å². The van der Waals surface area contributed by atoms with E-state index in [9.17, 15) is 0 Å². The molecule has 3 heteroatoms. The molecule has 2 aliphatic rings. The molecule has 0 radical (unpaired) electrons. The molecule has 0 spiro atoms. The van der Waals surface area contributed by atoms with E-state index < -0.39 is 0 Å². The van der Waals surface area contributed by atoms with Gasteiger partial charge in [-0.15, -0.1) is 0 Å². The van der Waals surface area contributed by atoms with E-state index >= 15 is 0 Å². The normalized spacial score (nSPS) is 28.4. The molecule has 0 aromatic rings. The smallest absolute Gasteiger partial charge is 0.0247 e. The highest BCUT2D eigenvalue weighted by atomic mass is 15.2. The quantitative estimate of drug-likeness (QED) is 0.748. The van der Waals surface area contributed by atoms with E-state index in [2.05, 4.69) is 16.8 Å². The van der Waals surface area contributed by atoms with Crippen LogP contribution in [0.3, 0.4) is 0 Å². The summed E-state index contributed by atoms with van der Waals surface area (Å²) in [4.78, 5) is 5.08. The van der Waals surface area contributed by atoms with Crippen molar-refractivity contribution in [1.82, 2.24) is 9.80 Å². The summed E-state index contributed by atoms with van der Waals surface area (Å²) in [6.07, 6.45) is 5.55. The summed E-state index contributed by atoms with van der Waals surface area (Å²) in [6, 6.07) is 0.672. The van der Waals surface area contributed by atoms with Crippen LogP contribution >= 0.6 is 0 Å². The lowest BCUT2D eigenvalue weighted by atomic mass is 9.79. The molecule has 2 N–H and O–H groups in total. The molecule has 1 aliphatic carbocycles. The minimum absolute atomic E-state index is 0.672. The zero-order chi connectivity index (χ0) is 10.7. The van der Waals surface area contributed by atoms with Gasteiger partial charge in [0.05, 0.1) is 0 Å². The van der Waals surface area contributed by atoms with E-state index in [-0.39, 0.29) is 0 Å². The van der Waals surface area contributed by atoms with Crippen molar-refractivity contribution in [1.29, 1.82) is 0 Å². The van der Waals surface area contributed by atoms with Crippen LogP contribution in [0.15, 0.2) is 0 Å². The Morgan fingerprint density at radius 3 is 2.53 bits per heavy atom. The van der Waals surface area contributed by atoms with Gasteiger partial charge in [-0.3, -0.25) is 4.90 Å². The number of hydrogen-bond donors (Lipinski definition) is 1. The molecule has 1 saturated carbocycles. The van der Waals surface area contributed by atoms with Gasteiger partial charge < -0.3 is 10.6 Å². The Bertz CT molecular complexity index is 191. The van der Waals surface area contributed by atoms with Crippen molar-refractivity contribution in [3.63, 3.8) is 0 Å². The molecule has 2 fully saturated rings. The molecule has 0 bridgehead atoms. The fourth-order valence-electron chi connectivity index (χ4n) is 2.86. The van der Waals surface area contributed by atoms with Crippen LogP contribution in [0.1, 0.15) is 25.7 Å². The Balaban J connectivity index is 1.88. The highest BCUT2D eigenvalue weighted by Gasteiger charge is 2.31. The zero-order valence-corrected chi connectivity index (χ0v) is 9.99. The second kappa shape index (κ2) is 5.28. The number of rotatable bonds is 3. The van der Waals surface area contributed by atoms with Gasteiger partial charge in [0.25, 0.3) is 0 Å². The first-order valence-corrected chi connectivity index (χ1v) is 6.44. The second-order valence-electron chi connectivity index (χ2n) is 5.19. The first-order valence-electron chi connectivity index (χ1n) is 6.44. The molecule has 0 amide bonds. The molecule has 0 aromatic heterocycles. The first kappa shape index (κ1) is 11.4. The molecule has 1 aliphatic heterocycles. The van der Waals surface area contributed by atoms with Gasteiger partial charge in [-0.05, 0) is 45.3 Å². The van der Waals surface area contributed by atoms with Crippen LogP contribution in [0.25, 0.3) is 0 Å². The predicted octanol–water partition coefficient (Wildman–Crippen LogP) is 0.751. The Morgan fingerprint density at radius 1 is 1.13 bits per heavy atom. The summed E-state index contributed by atoms with van der Waals surface area (Å²) < 4.78 is 0. The number of likely N-dealkylation sites (N-methyl/N-ethyl adjacent to an activating group) is 1. The van der Waals surface area contributed by atoms with Crippen LogP contribution < -0.4 is 5.73 Å². The summed E-state index contributed by atoms with van der Waals surface area (Å²) in [6.45, 7) is 5.79. The van der Waals surface area contributed by atoms with Gasteiger partial charge >= 0.3 is 0 Å². The monoisotopic (exact) mass is 211 g/mol. The molecule has 0 aromatic carbocycles.